The highest BCUT2D eigenvalue weighted by molar-refractivity contribution is 6.05. The number of nitrogens with zero attached hydrogens (tertiary/aromatic N) is 2. The van der Waals surface area contributed by atoms with E-state index in [4.69, 9.17) is 11.5 Å². The van der Waals surface area contributed by atoms with Crippen molar-refractivity contribution in [2.45, 2.75) is 13.3 Å². The SMILES string of the molecule is CCC(=N/C)/C(=C(\N)C(N)=O)[N+](=O)[O-]. The number of aliphatic imine (C=N–C) groups is 1. The molecule has 0 spiro atoms. The first-order valence-electron chi connectivity index (χ1n) is 3.85. The summed E-state index contributed by atoms with van der Waals surface area (Å²) in [5.74, 6) is -1.02. The molecule has 0 bridgehead atoms. The molecule has 0 aromatic carbocycles. The fourth-order valence-electron chi connectivity index (χ4n) is 0.907. The van der Waals surface area contributed by atoms with E-state index in [2.05, 4.69) is 4.99 Å². The van der Waals surface area contributed by atoms with Crippen molar-refractivity contribution in [2.24, 2.45) is 16.5 Å². The van der Waals surface area contributed by atoms with E-state index in [1.165, 1.54) is 7.05 Å². The predicted molar refractivity (Wildman–Crippen MR) is 51.1 cm³/mol. The molecule has 0 unspecified atom stereocenters. The predicted octanol–water partition coefficient (Wildman–Crippen LogP) is -0.600. The summed E-state index contributed by atoms with van der Waals surface area (Å²) in [5.41, 5.74) is 9.10. The molecule has 4 N–H and O–H groups in total. The topological polar surface area (TPSA) is 125 Å². The molecule has 7 nitrogen and oxygen atoms in total. The quantitative estimate of drug-likeness (QED) is 0.272. The summed E-state index contributed by atoms with van der Waals surface area (Å²) in [7, 11) is 1.39. The summed E-state index contributed by atoms with van der Waals surface area (Å²) >= 11 is 0. The van der Waals surface area contributed by atoms with Crippen LogP contribution in [0.5, 0.6) is 0 Å². The summed E-state index contributed by atoms with van der Waals surface area (Å²) < 4.78 is 0. The number of nitrogens with two attached hydrogens (primary N) is 2. The van der Waals surface area contributed by atoms with E-state index >= 15 is 0 Å². The second-order valence-electron chi connectivity index (χ2n) is 2.41. The van der Waals surface area contributed by atoms with Crippen molar-refractivity contribution < 1.29 is 9.72 Å². The lowest BCUT2D eigenvalue weighted by Crippen LogP contribution is -2.27. The van der Waals surface area contributed by atoms with Crippen LogP contribution in [-0.4, -0.2) is 23.6 Å². The Kier molecular flexibility index (Phi) is 4.27. The van der Waals surface area contributed by atoms with Gasteiger partial charge in [0.05, 0.1) is 4.92 Å². The second kappa shape index (κ2) is 4.95. The normalized spacial score (nSPS) is 13.4. The molecule has 78 valence electrons. The molecule has 0 fully saturated rings. The monoisotopic (exact) mass is 200 g/mol. The van der Waals surface area contributed by atoms with E-state index in [1.807, 2.05) is 0 Å². The molecule has 7 heteroatoms. The van der Waals surface area contributed by atoms with Gasteiger partial charge in [-0.2, -0.15) is 0 Å². The highest BCUT2D eigenvalue weighted by atomic mass is 16.6. The molecule has 0 heterocycles. The molecule has 14 heavy (non-hydrogen) atoms. The fourth-order valence-corrected chi connectivity index (χ4v) is 0.907. The summed E-state index contributed by atoms with van der Waals surface area (Å²) in [6.45, 7) is 1.67. The molecule has 0 saturated carbocycles. The number of allylic oxidation sites excluding steroid dienone is 1. The molecule has 0 aliphatic heterocycles. The zero-order chi connectivity index (χ0) is 11.3. The molecule has 1 amide bonds. The number of rotatable bonds is 4. The fraction of sp³-hybridized carbons (Fsp3) is 0.429. The van der Waals surface area contributed by atoms with Crippen LogP contribution in [0.25, 0.3) is 0 Å². The highest BCUT2D eigenvalue weighted by Crippen LogP contribution is 2.06. The van der Waals surface area contributed by atoms with Crippen molar-refractivity contribution in [3.05, 3.63) is 21.5 Å². The lowest BCUT2D eigenvalue weighted by molar-refractivity contribution is -0.416. The van der Waals surface area contributed by atoms with Crippen LogP contribution in [-0.2, 0) is 4.79 Å². The Morgan fingerprint density at radius 3 is 2.21 bits per heavy atom. The van der Waals surface area contributed by atoms with Crippen molar-refractivity contribution in [1.82, 2.24) is 0 Å². The van der Waals surface area contributed by atoms with Crippen molar-refractivity contribution in [1.29, 1.82) is 0 Å². The molecule has 0 aliphatic carbocycles. The van der Waals surface area contributed by atoms with Gasteiger partial charge in [0.25, 0.3) is 5.91 Å². The van der Waals surface area contributed by atoms with Gasteiger partial charge in [0.1, 0.15) is 5.71 Å². The minimum Gasteiger partial charge on any atom is -0.389 e. The van der Waals surface area contributed by atoms with Gasteiger partial charge in [0.2, 0.25) is 0 Å². The average Bonchev–Trinajstić information content (AvgIpc) is 2.12. The van der Waals surface area contributed by atoms with Crippen LogP contribution in [0.3, 0.4) is 0 Å². The Labute approximate surface area is 80.6 Å². The maximum Gasteiger partial charge on any atom is 0.318 e. The van der Waals surface area contributed by atoms with Crippen molar-refractivity contribution in [2.75, 3.05) is 7.05 Å². The number of nitro groups is 1. The van der Waals surface area contributed by atoms with E-state index in [-0.39, 0.29) is 5.71 Å². The largest absolute Gasteiger partial charge is 0.389 e. The molecule has 0 rings (SSSR count). The standard InChI is InChI=1S/C7H12N4O3/c1-3-4(10-2)6(11(13)14)5(8)7(9)12/h3,8H2,1-2H3,(H2,9,12)/b6-5+,10-4-. The van der Waals surface area contributed by atoms with Crippen LogP contribution >= 0.6 is 0 Å². The molecule has 0 aromatic heterocycles. The van der Waals surface area contributed by atoms with Gasteiger partial charge in [-0.15, -0.1) is 0 Å². The molecule has 0 aliphatic rings. The van der Waals surface area contributed by atoms with Gasteiger partial charge in [0.15, 0.2) is 5.70 Å². The summed E-state index contributed by atoms with van der Waals surface area (Å²) in [6, 6.07) is 0. The van der Waals surface area contributed by atoms with Crippen LogP contribution in [0, 0.1) is 10.1 Å². The van der Waals surface area contributed by atoms with Crippen molar-refractivity contribution in [3.63, 3.8) is 0 Å². The molecule has 0 aromatic rings. The van der Waals surface area contributed by atoms with Crippen molar-refractivity contribution >= 4 is 11.6 Å². The van der Waals surface area contributed by atoms with Gasteiger partial charge in [-0.3, -0.25) is 19.9 Å². The zero-order valence-corrected chi connectivity index (χ0v) is 7.98. The van der Waals surface area contributed by atoms with Crippen molar-refractivity contribution in [3.8, 4) is 0 Å². The van der Waals surface area contributed by atoms with Gasteiger partial charge >= 0.3 is 5.70 Å². The van der Waals surface area contributed by atoms with E-state index in [9.17, 15) is 14.9 Å². The van der Waals surface area contributed by atoms with Gasteiger partial charge in [-0.05, 0) is 6.42 Å². The van der Waals surface area contributed by atoms with E-state index in [1.54, 1.807) is 6.92 Å². The maximum absolute atomic E-state index is 10.7. The molecule has 0 saturated heterocycles. The van der Waals surface area contributed by atoms with Crippen LogP contribution in [0.2, 0.25) is 0 Å². The number of primary amides is 1. The number of amides is 1. The third kappa shape index (κ3) is 2.54. The maximum atomic E-state index is 10.7. The van der Waals surface area contributed by atoms with Gasteiger partial charge in [-0.1, -0.05) is 6.92 Å². The number of hydrogen-bond donors (Lipinski definition) is 2. The first kappa shape index (κ1) is 12.1. The van der Waals surface area contributed by atoms with Crippen LogP contribution in [0.15, 0.2) is 16.4 Å². The lowest BCUT2D eigenvalue weighted by Gasteiger charge is -2.02. The molecular weight excluding hydrogens is 188 g/mol. The summed E-state index contributed by atoms with van der Waals surface area (Å²) in [6.07, 6.45) is 0.306. The average molecular weight is 200 g/mol. The van der Waals surface area contributed by atoms with Crippen LogP contribution in [0.4, 0.5) is 0 Å². The number of carbonyl (C=O) groups is 1. The lowest BCUT2D eigenvalue weighted by atomic mass is 10.2. The molecule has 0 atom stereocenters. The molecule has 0 radical (unpaired) electrons. The van der Waals surface area contributed by atoms with E-state index in [0.29, 0.717) is 6.42 Å². The number of hydrogen-bond acceptors (Lipinski definition) is 5. The van der Waals surface area contributed by atoms with E-state index < -0.39 is 22.2 Å². The molecular formula is C7H12N4O3. The zero-order valence-electron chi connectivity index (χ0n) is 7.98. The van der Waals surface area contributed by atoms with Gasteiger partial charge < -0.3 is 11.5 Å². The Morgan fingerprint density at radius 1 is 1.50 bits per heavy atom. The van der Waals surface area contributed by atoms with Gasteiger partial charge in [0, 0.05) is 7.05 Å². The second-order valence-corrected chi connectivity index (χ2v) is 2.41. The van der Waals surface area contributed by atoms with Crippen LogP contribution in [0.1, 0.15) is 13.3 Å². The summed E-state index contributed by atoms with van der Waals surface area (Å²) in [5, 5.41) is 10.6. The Hall–Kier alpha value is -1.92. The van der Waals surface area contributed by atoms with Gasteiger partial charge in [-0.25, -0.2) is 0 Å². The minimum absolute atomic E-state index is 0.145. The first-order chi connectivity index (χ1) is 6.45. The number of carbonyl (C=O) groups excluding carboxylic acids is 1. The third-order valence-corrected chi connectivity index (χ3v) is 1.58. The van der Waals surface area contributed by atoms with Crippen LogP contribution < -0.4 is 11.5 Å². The Bertz CT molecular complexity index is 319. The Balaban J connectivity index is 5.47. The first-order valence-corrected chi connectivity index (χ1v) is 3.85. The Morgan fingerprint density at radius 2 is 2.00 bits per heavy atom. The van der Waals surface area contributed by atoms with E-state index in [0.717, 1.165) is 0 Å². The minimum atomic E-state index is -1.02. The smallest absolute Gasteiger partial charge is 0.318 e. The summed E-state index contributed by atoms with van der Waals surface area (Å²) in [4.78, 5) is 24.1. The third-order valence-electron chi connectivity index (χ3n) is 1.58. The highest BCUT2D eigenvalue weighted by Gasteiger charge is 2.24.